The highest BCUT2D eigenvalue weighted by Crippen LogP contribution is 2.39. The largest absolute Gasteiger partial charge is 0.458 e. The zero-order chi connectivity index (χ0) is 27.3. The van der Waals surface area contributed by atoms with Crippen molar-refractivity contribution in [2.75, 3.05) is 18.8 Å². The molecule has 1 amide bonds. The van der Waals surface area contributed by atoms with Crippen LogP contribution in [0.4, 0.5) is 5.82 Å². The molecule has 200 valence electrons. The van der Waals surface area contributed by atoms with Gasteiger partial charge >= 0.3 is 0 Å². The Hall–Kier alpha value is -3.94. The van der Waals surface area contributed by atoms with Gasteiger partial charge in [0.05, 0.1) is 11.4 Å². The molecule has 2 aliphatic rings. The highest BCUT2D eigenvalue weighted by atomic mass is 16.5. The first-order valence-corrected chi connectivity index (χ1v) is 13.4. The number of allylic oxidation sites excluding steroid dienone is 3. The number of hydrogen-bond acceptors (Lipinski definition) is 6. The first-order chi connectivity index (χ1) is 18.3. The minimum atomic E-state index is -0.0676. The summed E-state index contributed by atoms with van der Waals surface area (Å²) in [5.74, 6) is 1.93. The second-order valence-electron chi connectivity index (χ2n) is 10.2. The van der Waals surface area contributed by atoms with E-state index in [1.54, 1.807) is 0 Å². The molecule has 3 aromatic rings. The van der Waals surface area contributed by atoms with E-state index in [9.17, 15) is 4.79 Å². The van der Waals surface area contributed by atoms with E-state index >= 15 is 0 Å². The normalized spacial score (nSPS) is 18.7. The van der Waals surface area contributed by atoms with Gasteiger partial charge in [-0.25, -0.2) is 14.6 Å². The van der Waals surface area contributed by atoms with Crippen LogP contribution in [0.1, 0.15) is 59.4 Å². The Balaban J connectivity index is 0.00000164. The zero-order valence-corrected chi connectivity index (χ0v) is 22.9. The van der Waals surface area contributed by atoms with Gasteiger partial charge < -0.3 is 15.4 Å². The van der Waals surface area contributed by atoms with Crippen LogP contribution in [0, 0.1) is 5.41 Å². The van der Waals surface area contributed by atoms with Gasteiger partial charge in [-0.05, 0) is 73.6 Å². The monoisotopic (exact) mass is 514 g/mol. The quantitative estimate of drug-likeness (QED) is 0.414. The smallest absolute Gasteiger partial charge is 0.246 e. The van der Waals surface area contributed by atoms with Gasteiger partial charge in [0.15, 0.2) is 5.65 Å². The highest BCUT2D eigenvalue weighted by Gasteiger charge is 2.34. The lowest BCUT2D eigenvalue weighted by atomic mass is 9.84. The number of fused-ring (bicyclic) bond motifs is 1. The molecule has 5 rings (SSSR count). The third-order valence-corrected chi connectivity index (χ3v) is 6.95. The fraction of sp³-hybridized carbons (Fsp3) is 0.400. The van der Waals surface area contributed by atoms with Crippen molar-refractivity contribution >= 4 is 22.8 Å². The Labute approximate surface area is 224 Å². The van der Waals surface area contributed by atoms with E-state index < -0.39 is 0 Å². The molecule has 0 spiro atoms. The van der Waals surface area contributed by atoms with Crippen molar-refractivity contribution in [1.29, 1.82) is 0 Å². The van der Waals surface area contributed by atoms with Gasteiger partial charge in [0.2, 0.25) is 5.91 Å². The second-order valence-corrected chi connectivity index (χ2v) is 10.2. The summed E-state index contributed by atoms with van der Waals surface area (Å²) in [6.07, 6.45) is 12.8. The van der Waals surface area contributed by atoms with Crippen LogP contribution in [0.3, 0.4) is 0 Å². The molecule has 2 N–H and O–H groups in total. The Bertz CT molecular complexity index is 1350. The summed E-state index contributed by atoms with van der Waals surface area (Å²) in [5.41, 5.74) is 8.66. The van der Waals surface area contributed by atoms with Crippen molar-refractivity contribution in [1.82, 2.24) is 24.6 Å². The van der Waals surface area contributed by atoms with Crippen LogP contribution in [0.25, 0.3) is 22.3 Å². The van der Waals surface area contributed by atoms with Crippen LogP contribution < -0.4 is 10.5 Å². The summed E-state index contributed by atoms with van der Waals surface area (Å²) in [6, 6.07) is 7.76. The van der Waals surface area contributed by atoms with E-state index in [-0.39, 0.29) is 17.4 Å². The average molecular weight is 515 g/mol. The maximum absolute atomic E-state index is 12.5. The van der Waals surface area contributed by atoms with Crippen LogP contribution in [0.15, 0.2) is 67.2 Å². The van der Waals surface area contributed by atoms with Crippen LogP contribution >= 0.6 is 0 Å². The molecule has 1 saturated heterocycles. The number of benzene rings is 1. The number of amides is 1. The molecule has 8 nitrogen and oxygen atoms in total. The highest BCUT2D eigenvalue weighted by molar-refractivity contribution is 5.98. The number of aromatic nitrogens is 4. The number of hydrogen-bond donors (Lipinski definition) is 1. The number of rotatable bonds is 5. The molecule has 1 unspecified atom stereocenters. The maximum atomic E-state index is 12.5. The first kappa shape index (κ1) is 27.1. The molecule has 2 aromatic heterocycles. The van der Waals surface area contributed by atoms with Gasteiger partial charge in [-0.2, -0.15) is 5.10 Å². The van der Waals surface area contributed by atoms with Gasteiger partial charge in [0.25, 0.3) is 0 Å². The molecule has 0 radical (unpaired) electrons. The lowest BCUT2D eigenvalue weighted by Gasteiger charge is -2.26. The molecule has 0 bridgehead atoms. The lowest BCUT2D eigenvalue weighted by molar-refractivity contribution is -0.126. The van der Waals surface area contributed by atoms with E-state index in [1.807, 2.05) is 53.8 Å². The number of nitrogens with two attached hydrogens (primary N) is 1. The summed E-state index contributed by atoms with van der Waals surface area (Å²) in [4.78, 5) is 23.2. The lowest BCUT2D eigenvalue weighted by Crippen LogP contribution is -2.34. The van der Waals surface area contributed by atoms with Gasteiger partial charge in [-0.1, -0.05) is 40.3 Å². The van der Waals surface area contributed by atoms with E-state index in [1.165, 1.54) is 12.4 Å². The summed E-state index contributed by atoms with van der Waals surface area (Å²) < 4.78 is 7.92. The second kappa shape index (κ2) is 11.6. The van der Waals surface area contributed by atoms with Crippen molar-refractivity contribution < 1.29 is 9.53 Å². The summed E-state index contributed by atoms with van der Waals surface area (Å²) >= 11 is 0. The molecular formula is C30H38N6O2. The van der Waals surface area contributed by atoms with Crippen molar-refractivity contribution in [2.24, 2.45) is 5.41 Å². The number of carbonyl (C=O) groups is 1. The Kier molecular flexibility index (Phi) is 8.29. The molecule has 1 aromatic carbocycles. The fourth-order valence-electron chi connectivity index (χ4n) is 5.01. The van der Waals surface area contributed by atoms with E-state index in [0.717, 1.165) is 48.4 Å². The van der Waals surface area contributed by atoms with E-state index in [4.69, 9.17) is 15.6 Å². The third-order valence-electron chi connectivity index (χ3n) is 6.95. The fourth-order valence-corrected chi connectivity index (χ4v) is 5.01. The predicted octanol–water partition coefficient (Wildman–Crippen LogP) is 6.09. The number of ether oxygens (including phenoxy) is 1. The molecular weight excluding hydrogens is 476 g/mol. The number of anilines is 1. The van der Waals surface area contributed by atoms with Crippen molar-refractivity contribution in [3.8, 4) is 17.0 Å². The Morgan fingerprint density at radius 3 is 2.63 bits per heavy atom. The third kappa shape index (κ3) is 5.79. The molecule has 38 heavy (non-hydrogen) atoms. The van der Waals surface area contributed by atoms with Crippen molar-refractivity contribution in [3.05, 3.63) is 67.2 Å². The minimum absolute atomic E-state index is 0.0269. The molecule has 8 heteroatoms. The maximum Gasteiger partial charge on any atom is 0.246 e. The Morgan fingerprint density at radius 1 is 1.18 bits per heavy atom. The zero-order valence-electron chi connectivity index (χ0n) is 22.9. The average Bonchev–Trinajstić information content (AvgIpc) is 3.25. The minimum Gasteiger partial charge on any atom is -0.458 e. The van der Waals surface area contributed by atoms with Gasteiger partial charge in [-0.15, -0.1) is 0 Å². The summed E-state index contributed by atoms with van der Waals surface area (Å²) in [7, 11) is 0. The number of likely N-dealkylation sites (tertiary alicyclic amines) is 1. The summed E-state index contributed by atoms with van der Waals surface area (Å²) in [6.45, 7) is 13.4. The number of carbonyl (C=O) groups excluding carboxylic acids is 1. The molecule has 1 fully saturated rings. The molecule has 3 heterocycles. The van der Waals surface area contributed by atoms with Crippen LogP contribution in [0.5, 0.6) is 5.75 Å². The predicted molar refractivity (Wildman–Crippen MR) is 152 cm³/mol. The van der Waals surface area contributed by atoms with Gasteiger partial charge in [0.1, 0.15) is 29.3 Å². The van der Waals surface area contributed by atoms with Crippen LogP contribution in [-0.4, -0.2) is 43.6 Å². The van der Waals surface area contributed by atoms with Crippen molar-refractivity contribution in [2.45, 2.75) is 59.4 Å². The molecule has 1 aliphatic heterocycles. The molecule has 0 saturated carbocycles. The Morgan fingerprint density at radius 2 is 1.95 bits per heavy atom. The van der Waals surface area contributed by atoms with Gasteiger partial charge in [-0.3, -0.25) is 4.79 Å². The standard InChI is InChI=1S/C28H32N6O2.C2H6/c1-4-23(35)33-15-14-28(2,3)16-20(17-33)34-27-24(26(29)30-18-31-27)25(32-34)19-10-12-22(13-11-19)36-21-8-6-5-7-9-21;1-2/h4,6,8-13,18,20H,1,5,7,14-17H2,2-3H3,(H2,29,30,31);1-2H3. The SMILES string of the molecule is C=CC(=O)N1CCC(C)(C)CC(n2nc(-c3ccc(OC4=CCCC=C4)cc3)c3c(N)ncnc32)C1.CC. The van der Waals surface area contributed by atoms with Crippen LogP contribution in [0.2, 0.25) is 0 Å². The number of nitrogen functional groups attached to an aromatic ring is 1. The molecule has 1 aliphatic carbocycles. The van der Waals surface area contributed by atoms with E-state index in [2.05, 4.69) is 42.5 Å². The van der Waals surface area contributed by atoms with E-state index in [0.29, 0.717) is 29.9 Å². The topological polar surface area (TPSA) is 99.2 Å². The van der Waals surface area contributed by atoms with Gasteiger partial charge in [0, 0.05) is 18.7 Å². The summed E-state index contributed by atoms with van der Waals surface area (Å²) in [5, 5.41) is 5.74. The number of nitrogens with zero attached hydrogens (tertiary/aromatic N) is 5. The molecule has 1 atom stereocenters. The van der Waals surface area contributed by atoms with Crippen LogP contribution in [-0.2, 0) is 4.79 Å². The van der Waals surface area contributed by atoms with Crippen molar-refractivity contribution in [3.63, 3.8) is 0 Å². The first-order valence-electron chi connectivity index (χ1n) is 13.4.